The van der Waals surface area contributed by atoms with E-state index in [9.17, 15) is 9.59 Å². The third-order valence-corrected chi connectivity index (χ3v) is 5.40. The molecule has 6 nitrogen and oxygen atoms in total. The summed E-state index contributed by atoms with van der Waals surface area (Å²) in [7, 11) is 0. The summed E-state index contributed by atoms with van der Waals surface area (Å²) in [5.74, 6) is 0.397. The molecule has 7 heteroatoms. The standard InChI is InChI=1S/C24H20BrN3O3/c1-16(17-11-13-18(25)14-12-17)26-27-20-15-23(29)28(24(20)30)21-9-5-6-10-22(21)31-19-7-3-2-4-8-19/h2-14,20,27H,15H2,1H3/b26-16+. The van der Waals surface area contributed by atoms with Gasteiger partial charge in [-0.25, -0.2) is 4.90 Å². The molecule has 3 aromatic carbocycles. The van der Waals surface area contributed by atoms with Crippen LogP contribution >= 0.6 is 15.9 Å². The van der Waals surface area contributed by atoms with Crippen molar-refractivity contribution < 1.29 is 14.3 Å². The number of halogens is 1. The van der Waals surface area contributed by atoms with E-state index in [2.05, 4.69) is 26.5 Å². The van der Waals surface area contributed by atoms with Crippen molar-refractivity contribution in [2.24, 2.45) is 5.10 Å². The zero-order valence-electron chi connectivity index (χ0n) is 16.8. The number of nitrogens with zero attached hydrogens (tertiary/aromatic N) is 2. The molecule has 2 amide bonds. The first-order valence-corrected chi connectivity index (χ1v) is 10.6. The second-order valence-electron chi connectivity index (χ2n) is 7.04. The molecule has 1 unspecified atom stereocenters. The van der Waals surface area contributed by atoms with Crippen molar-refractivity contribution in [1.29, 1.82) is 0 Å². The van der Waals surface area contributed by atoms with Gasteiger partial charge in [-0.1, -0.05) is 58.4 Å². The van der Waals surface area contributed by atoms with Crippen LogP contribution in [0.4, 0.5) is 5.69 Å². The number of amides is 2. The van der Waals surface area contributed by atoms with E-state index in [-0.39, 0.29) is 18.2 Å². The number of anilines is 1. The van der Waals surface area contributed by atoms with Gasteiger partial charge in [-0.15, -0.1) is 0 Å². The van der Waals surface area contributed by atoms with Crippen LogP contribution in [0, 0.1) is 0 Å². The van der Waals surface area contributed by atoms with Crippen molar-refractivity contribution >= 4 is 39.1 Å². The maximum Gasteiger partial charge on any atom is 0.258 e. The number of carbonyl (C=O) groups excluding carboxylic acids is 2. The third kappa shape index (κ3) is 4.67. The fourth-order valence-corrected chi connectivity index (χ4v) is 3.52. The predicted octanol–water partition coefficient (Wildman–Crippen LogP) is 4.89. The summed E-state index contributed by atoms with van der Waals surface area (Å²) in [5, 5.41) is 4.33. The average Bonchev–Trinajstić information content (AvgIpc) is 3.06. The van der Waals surface area contributed by atoms with Crippen LogP contribution in [0.5, 0.6) is 11.5 Å². The highest BCUT2D eigenvalue weighted by Gasteiger charge is 2.40. The number of imide groups is 1. The second-order valence-corrected chi connectivity index (χ2v) is 7.96. The zero-order valence-corrected chi connectivity index (χ0v) is 18.4. The third-order valence-electron chi connectivity index (χ3n) is 4.87. The minimum absolute atomic E-state index is 0.0234. The van der Waals surface area contributed by atoms with Crippen LogP contribution in [0.2, 0.25) is 0 Å². The van der Waals surface area contributed by atoms with E-state index in [1.807, 2.05) is 61.5 Å². The molecule has 1 saturated heterocycles. The minimum Gasteiger partial charge on any atom is -0.455 e. The highest BCUT2D eigenvalue weighted by atomic mass is 79.9. The van der Waals surface area contributed by atoms with Gasteiger partial charge in [-0.3, -0.25) is 15.0 Å². The van der Waals surface area contributed by atoms with E-state index < -0.39 is 6.04 Å². The van der Waals surface area contributed by atoms with Crippen molar-refractivity contribution in [3.8, 4) is 11.5 Å². The van der Waals surface area contributed by atoms with Gasteiger partial charge in [0.05, 0.1) is 17.8 Å². The quantitative estimate of drug-likeness (QED) is 0.311. The van der Waals surface area contributed by atoms with Crippen LogP contribution in [-0.2, 0) is 9.59 Å². The molecule has 31 heavy (non-hydrogen) atoms. The maximum absolute atomic E-state index is 13.0. The number of carbonyl (C=O) groups is 2. The summed E-state index contributed by atoms with van der Waals surface area (Å²) in [4.78, 5) is 26.9. The Morgan fingerprint density at radius 1 is 1.00 bits per heavy atom. The first-order valence-electron chi connectivity index (χ1n) is 9.77. The SMILES string of the molecule is C/C(=N\NC1CC(=O)N(c2ccccc2Oc2ccccc2)C1=O)c1ccc(Br)cc1. The molecule has 0 bridgehead atoms. The molecule has 1 aliphatic heterocycles. The lowest BCUT2D eigenvalue weighted by Gasteiger charge is -2.19. The largest absolute Gasteiger partial charge is 0.455 e. The van der Waals surface area contributed by atoms with Gasteiger partial charge in [0.2, 0.25) is 5.91 Å². The van der Waals surface area contributed by atoms with Crippen LogP contribution in [0.25, 0.3) is 0 Å². The predicted molar refractivity (Wildman–Crippen MR) is 123 cm³/mol. The Hall–Kier alpha value is -3.45. The molecule has 0 spiro atoms. The number of rotatable bonds is 6. The molecule has 1 atom stereocenters. The summed E-state index contributed by atoms with van der Waals surface area (Å²) in [6.45, 7) is 1.85. The van der Waals surface area contributed by atoms with Crippen LogP contribution in [0.3, 0.4) is 0 Å². The first-order chi connectivity index (χ1) is 15.0. The number of hydrazone groups is 1. The fraction of sp³-hybridized carbons (Fsp3) is 0.125. The molecule has 156 valence electrons. The van der Waals surface area contributed by atoms with Gasteiger partial charge in [0.15, 0.2) is 5.75 Å². The molecule has 1 fully saturated rings. The second kappa shape index (κ2) is 9.14. The first kappa shape index (κ1) is 20.8. The van der Waals surface area contributed by atoms with Crippen molar-refractivity contribution in [1.82, 2.24) is 5.43 Å². The molecule has 1 N–H and O–H groups in total. The topological polar surface area (TPSA) is 71.0 Å². The van der Waals surface area contributed by atoms with E-state index in [1.54, 1.807) is 24.3 Å². The Morgan fingerprint density at radius 2 is 1.68 bits per heavy atom. The normalized spacial score (nSPS) is 16.5. The lowest BCUT2D eigenvalue weighted by atomic mass is 10.1. The van der Waals surface area contributed by atoms with Crippen LogP contribution < -0.4 is 15.1 Å². The number of hydrogen-bond donors (Lipinski definition) is 1. The van der Waals surface area contributed by atoms with Crippen molar-refractivity contribution in [3.05, 3.63) is 88.9 Å². The summed E-state index contributed by atoms with van der Waals surface area (Å²) in [6.07, 6.45) is 0.0234. The minimum atomic E-state index is -0.734. The van der Waals surface area contributed by atoms with Crippen molar-refractivity contribution in [2.75, 3.05) is 4.90 Å². The summed E-state index contributed by atoms with van der Waals surface area (Å²) >= 11 is 3.40. The number of hydrogen-bond acceptors (Lipinski definition) is 5. The monoisotopic (exact) mass is 477 g/mol. The van der Waals surface area contributed by atoms with Gasteiger partial charge >= 0.3 is 0 Å². The molecule has 0 radical (unpaired) electrons. The highest BCUT2D eigenvalue weighted by molar-refractivity contribution is 9.10. The summed E-state index contributed by atoms with van der Waals surface area (Å²) in [6, 6.07) is 23.2. The van der Waals surface area contributed by atoms with E-state index in [1.165, 1.54) is 4.90 Å². The van der Waals surface area contributed by atoms with Gasteiger partial charge in [-0.2, -0.15) is 5.10 Å². The van der Waals surface area contributed by atoms with Gasteiger partial charge in [0, 0.05) is 4.47 Å². The lowest BCUT2D eigenvalue weighted by molar-refractivity contribution is -0.121. The number of para-hydroxylation sites is 3. The van der Waals surface area contributed by atoms with Gasteiger partial charge in [0.1, 0.15) is 11.8 Å². The summed E-state index contributed by atoms with van der Waals surface area (Å²) < 4.78 is 6.89. The van der Waals surface area contributed by atoms with Crippen LogP contribution in [0.15, 0.2) is 88.4 Å². The summed E-state index contributed by atoms with van der Waals surface area (Å²) in [5.41, 5.74) is 4.93. The molecule has 3 aromatic rings. The lowest BCUT2D eigenvalue weighted by Crippen LogP contribution is -2.37. The van der Waals surface area contributed by atoms with Gasteiger partial charge in [0.25, 0.3) is 5.91 Å². The van der Waals surface area contributed by atoms with E-state index in [4.69, 9.17) is 4.74 Å². The molecule has 1 heterocycles. The fourth-order valence-electron chi connectivity index (χ4n) is 3.26. The van der Waals surface area contributed by atoms with Gasteiger partial charge in [-0.05, 0) is 48.9 Å². The number of ether oxygens (including phenoxy) is 1. The number of nitrogens with one attached hydrogen (secondary N) is 1. The molecule has 1 aliphatic rings. The Bertz CT molecular complexity index is 1130. The molecule has 0 aromatic heterocycles. The zero-order chi connectivity index (χ0) is 21.8. The van der Waals surface area contributed by atoms with E-state index in [0.717, 1.165) is 15.7 Å². The molecular weight excluding hydrogens is 458 g/mol. The Kier molecular flexibility index (Phi) is 6.13. The van der Waals surface area contributed by atoms with E-state index in [0.29, 0.717) is 17.2 Å². The average molecular weight is 478 g/mol. The van der Waals surface area contributed by atoms with Crippen LogP contribution in [-0.4, -0.2) is 23.6 Å². The molecular formula is C24H20BrN3O3. The Morgan fingerprint density at radius 3 is 2.42 bits per heavy atom. The molecule has 0 saturated carbocycles. The molecule has 0 aliphatic carbocycles. The van der Waals surface area contributed by atoms with Gasteiger partial charge < -0.3 is 4.74 Å². The smallest absolute Gasteiger partial charge is 0.258 e. The Labute approximate surface area is 188 Å². The van der Waals surface area contributed by atoms with Crippen LogP contribution in [0.1, 0.15) is 18.9 Å². The van der Waals surface area contributed by atoms with Crippen molar-refractivity contribution in [3.63, 3.8) is 0 Å². The molecule has 4 rings (SSSR count). The highest BCUT2D eigenvalue weighted by Crippen LogP contribution is 2.35. The number of benzene rings is 3. The maximum atomic E-state index is 13.0. The van der Waals surface area contributed by atoms with Crippen molar-refractivity contribution in [2.45, 2.75) is 19.4 Å². The van der Waals surface area contributed by atoms with E-state index >= 15 is 0 Å². The Balaban J connectivity index is 1.52.